The van der Waals surface area contributed by atoms with Gasteiger partial charge in [-0.3, -0.25) is 4.79 Å². The summed E-state index contributed by atoms with van der Waals surface area (Å²) in [7, 11) is 1.41. The van der Waals surface area contributed by atoms with E-state index in [9.17, 15) is 18.0 Å². The Labute approximate surface area is 141 Å². The Morgan fingerprint density at radius 1 is 1.43 bits per heavy atom. The molecule has 0 atom stereocenters. The van der Waals surface area contributed by atoms with Crippen LogP contribution in [0.5, 0.6) is 0 Å². The van der Waals surface area contributed by atoms with E-state index in [0.717, 1.165) is 11.3 Å². The van der Waals surface area contributed by atoms with Crippen molar-refractivity contribution in [1.82, 2.24) is 5.32 Å². The number of rotatable bonds is 6. The standard InChI is InChI=1S/C14H15F3N2O2S.ClH/c1-21-5-8-11-9(15)3-2-4-10(11)22-12(8)13(20)19-7-14(16,17)6-18;/h2-4H,5-7,18H2,1H3,(H,19,20);1H. The third kappa shape index (κ3) is 4.35. The van der Waals surface area contributed by atoms with Crippen molar-refractivity contribution in [2.45, 2.75) is 12.5 Å². The van der Waals surface area contributed by atoms with Crippen molar-refractivity contribution in [3.05, 3.63) is 34.5 Å². The minimum Gasteiger partial charge on any atom is -0.380 e. The second-order valence-corrected chi connectivity index (χ2v) is 5.75. The number of fused-ring (bicyclic) bond motifs is 1. The molecule has 9 heteroatoms. The highest BCUT2D eigenvalue weighted by atomic mass is 35.5. The lowest BCUT2D eigenvalue weighted by Gasteiger charge is -2.14. The summed E-state index contributed by atoms with van der Waals surface area (Å²) in [5.41, 5.74) is 5.28. The second kappa shape index (κ2) is 7.96. The molecule has 2 rings (SSSR count). The normalized spacial score (nSPS) is 11.3. The van der Waals surface area contributed by atoms with Crippen molar-refractivity contribution in [1.29, 1.82) is 0 Å². The average molecular weight is 369 g/mol. The number of methoxy groups -OCH3 is 1. The molecular weight excluding hydrogens is 353 g/mol. The van der Waals surface area contributed by atoms with Gasteiger partial charge in [0.1, 0.15) is 5.82 Å². The molecule has 128 valence electrons. The van der Waals surface area contributed by atoms with Gasteiger partial charge in [-0.15, -0.1) is 23.7 Å². The predicted molar refractivity (Wildman–Crippen MR) is 86.1 cm³/mol. The molecule has 0 saturated carbocycles. The quantitative estimate of drug-likeness (QED) is 0.824. The molecule has 4 nitrogen and oxygen atoms in total. The number of benzene rings is 1. The summed E-state index contributed by atoms with van der Waals surface area (Å²) in [6, 6.07) is 4.46. The first-order valence-electron chi connectivity index (χ1n) is 6.44. The van der Waals surface area contributed by atoms with Gasteiger partial charge in [-0.05, 0) is 12.1 Å². The first kappa shape index (κ1) is 19.7. The maximum Gasteiger partial charge on any atom is 0.277 e. The van der Waals surface area contributed by atoms with Crippen LogP contribution in [0.2, 0.25) is 0 Å². The van der Waals surface area contributed by atoms with E-state index in [0.29, 0.717) is 10.3 Å². The summed E-state index contributed by atoms with van der Waals surface area (Å²) in [4.78, 5) is 12.3. The summed E-state index contributed by atoms with van der Waals surface area (Å²) in [5.74, 6) is -4.35. The number of halogens is 4. The Morgan fingerprint density at radius 2 is 2.13 bits per heavy atom. The number of hydrogen-bond acceptors (Lipinski definition) is 4. The van der Waals surface area contributed by atoms with Crippen LogP contribution in [0.15, 0.2) is 18.2 Å². The molecule has 1 aromatic heterocycles. The topological polar surface area (TPSA) is 64.3 Å². The molecule has 0 unspecified atom stereocenters. The second-order valence-electron chi connectivity index (χ2n) is 4.70. The zero-order chi connectivity index (χ0) is 16.3. The zero-order valence-corrected chi connectivity index (χ0v) is 13.8. The Bertz CT molecular complexity index is 694. The van der Waals surface area contributed by atoms with E-state index in [1.54, 1.807) is 6.07 Å². The Morgan fingerprint density at radius 3 is 2.74 bits per heavy atom. The molecule has 1 heterocycles. The fraction of sp³-hybridized carbons (Fsp3) is 0.357. The van der Waals surface area contributed by atoms with Crippen LogP contribution >= 0.6 is 23.7 Å². The number of nitrogens with two attached hydrogens (primary N) is 1. The molecular formula is C14H16ClF3N2O2S. The van der Waals surface area contributed by atoms with Crippen LogP contribution in [-0.4, -0.2) is 32.0 Å². The summed E-state index contributed by atoms with van der Waals surface area (Å²) < 4.78 is 45.8. The average Bonchev–Trinajstić information content (AvgIpc) is 2.85. The van der Waals surface area contributed by atoms with Gasteiger partial charge in [0, 0.05) is 22.8 Å². The van der Waals surface area contributed by atoms with E-state index in [-0.39, 0.29) is 29.3 Å². The Balaban J connectivity index is 0.00000264. The van der Waals surface area contributed by atoms with Crippen molar-refractivity contribution in [2.24, 2.45) is 5.73 Å². The molecule has 0 spiro atoms. The van der Waals surface area contributed by atoms with E-state index in [2.05, 4.69) is 5.32 Å². The van der Waals surface area contributed by atoms with Gasteiger partial charge < -0.3 is 15.8 Å². The third-order valence-corrected chi connectivity index (χ3v) is 4.26. The van der Waals surface area contributed by atoms with Crippen LogP contribution in [0.3, 0.4) is 0 Å². The highest BCUT2D eigenvalue weighted by molar-refractivity contribution is 7.21. The number of nitrogens with one attached hydrogen (secondary N) is 1. The lowest BCUT2D eigenvalue weighted by atomic mass is 10.1. The molecule has 0 saturated heterocycles. The number of carbonyl (C=O) groups is 1. The number of amides is 1. The lowest BCUT2D eigenvalue weighted by molar-refractivity contribution is 0.0119. The van der Waals surface area contributed by atoms with Crippen LogP contribution < -0.4 is 11.1 Å². The van der Waals surface area contributed by atoms with Gasteiger partial charge in [0.25, 0.3) is 11.8 Å². The Hall–Kier alpha value is -1.35. The monoisotopic (exact) mass is 368 g/mol. The van der Waals surface area contributed by atoms with Gasteiger partial charge in [-0.1, -0.05) is 6.07 Å². The summed E-state index contributed by atoms with van der Waals surface area (Å²) in [6.45, 7) is -1.72. The molecule has 0 aliphatic carbocycles. The first-order valence-corrected chi connectivity index (χ1v) is 7.26. The smallest absolute Gasteiger partial charge is 0.277 e. The maximum atomic E-state index is 14.0. The molecule has 1 amide bonds. The molecule has 0 radical (unpaired) electrons. The molecule has 23 heavy (non-hydrogen) atoms. The van der Waals surface area contributed by atoms with Crippen molar-refractivity contribution in [3.63, 3.8) is 0 Å². The molecule has 0 aliphatic rings. The molecule has 1 aromatic carbocycles. The third-order valence-electron chi connectivity index (χ3n) is 3.06. The van der Waals surface area contributed by atoms with E-state index in [1.807, 2.05) is 0 Å². The first-order chi connectivity index (χ1) is 10.4. The number of carbonyl (C=O) groups excluding carboxylic acids is 1. The van der Waals surface area contributed by atoms with E-state index in [4.69, 9.17) is 10.5 Å². The minimum absolute atomic E-state index is 0. The molecule has 0 bridgehead atoms. The molecule has 2 aromatic rings. The highest BCUT2D eigenvalue weighted by Gasteiger charge is 2.28. The summed E-state index contributed by atoms with van der Waals surface area (Å²) >= 11 is 1.04. The van der Waals surface area contributed by atoms with Crippen LogP contribution in [0, 0.1) is 5.82 Å². The zero-order valence-electron chi connectivity index (χ0n) is 12.2. The van der Waals surface area contributed by atoms with Gasteiger partial charge in [-0.25, -0.2) is 13.2 Å². The lowest BCUT2D eigenvalue weighted by Crippen LogP contribution is -2.41. The van der Waals surface area contributed by atoms with Gasteiger partial charge in [-0.2, -0.15) is 0 Å². The Kier molecular flexibility index (Phi) is 6.82. The highest BCUT2D eigenvalue weighted by Crippen LogP contribution is 2.33. The van der Waals surface area contributed by atoms with Gasteiger partial charge in [0.15, 0.2) is 0 Å². The van der Waals surface area contributed by atoms with Crippen molar-refractivity contribution < 1.29 is 22.7 Å². The predicted octanol–water partition coefficient (Wildman–Crippen LogP) is 2.93. The number of alkyl halides is 2. The van der Waals surface area contributed by atoms with Crippen molar-refractivity contribution >= 4 is 39.7 Å². The van der Waals surface area contributed by atoms with Crippen molar-refractivity contribution in [3.8, 4) is 0 Å². The molecule has 0 aliphatic heterocycles. The van der Waals surface area contributed by atoms with Crippen LogP contribution in [-0.2, 0) is 11.3 Å². The maximum absolute atomic E-state index is 14.0. The fourth-order valence-corrected chi connectivity index (χ4v) is 3.13. The summed E-state index contributed by atoms with van der Waals surface area (Å²) in [5, 5.41) is 2.42. The van der Waals surface area contributed by atoms with E-state index >= 15 is 0 Å². The van der Waals surface area contributed by atoms with Crippen LogP contribution in [0.4, 0.5) is 13.2 Å². The summed E-state index contributed by atoms with van der Waals surface area (Å²) in [6.07, 6.45) is 0. The van der Waals surface area contributed by atoms with E-state index < -0.39 is 30.7 Å². The number of thiophene rings is 1. The largest absolute Gasteiger partial charge is 0.380 e. The number of ether oxygens (including phenoxy) is 1. The van der Waals surface area contributed by atoms with Gasteiger partial charge in [0.05, 0.1) is 24.6 Å². The van der Waals surface area contributed by atoms with Crippen LogP contribution in [0.25, 0.3) is 10.1 Å². The van der Waals surface area contributed by atoms with Crippen LogP contribution in [0.1, 0.15) is 15.2 Å². The fourth-order valence-electron chi connectivity index (χ4n) is 1.99. The van der Waals surface area contributed by atoms with Gasteiger partial charge >= 0.3 is 0 Å². The van der Waals surface area contributed by atoms with Crippen molar-refractivity contribution in [2.75, 3.05) is 20.2 Å². The SMILES string of the molecule is COCc1c(C(=O)NCC(F)(F)CN)sc2cccc(F)c12.Cl. The molecule has 0 fully saturated rings. The van der Waals surface area contributed by atoms with E-state index in [1.165, 1.54) is 19.2 Å². The number of hydrogen-bond donors (Lipinski definition) is 2. The molecule has 3 N–H and O–H groups in total. The minimum atomic E-state index is -3.18. The van der Waals surface area contributed by atoms with Gasteiger partial charge in [0.2, 0.25) is 0 Å².